The quantitative estimate of drug-likeness (QED) is 0.0195. The standard InChI is InChI=1S/C32H44N2.C31H42N2.2C6H5.2CH3.2Ni/c1-4-7-10-12-15-27-19-23-29(24-20-27)32-30(16-13-11-8-5-2)25-31(34(32)33)28-21-17-26(18-22-28)14-9-6-3;1-4-7-10-12-15-29-24-30(27-20-16-25(17-21-27)13-9-6-3)33(32)31(29)28-22-18-26(19-23-28)14-11-8-5-2;2*1-2-4-6-5-3-1;;;;/h17-25H,4-16H2,1-3H3;16-24H,4-15H2,1-3H3;2*1-5H;2*1H3;;/q;;4*-1;2*+2. The smallest absolute Gasteiger partial charge is 0.493 e. The van der Waals surface area contributed by atoms with Crippen molar-refractivity contribution in [1.29, 1.82) is 0 Å². The Balaban J connectivity index is 0.000000660. The molecule has 6 heteroatoms. The molecule has 0 atom stereocenters. The summed E-state index contributed by atoms with van der Waals surface area (Å²) in [5.74, 6) is 0. The minimum absolute atomic E-state index is 0. The number of allylic oxidation sites excluding steroid dienone is 4. The molecule has 0 fully saturated rings. The van der Waals surface area contributed by atoms with E-state index in [-0.39, 0.29) is 47.8 Å². The average molecular weight is 1200 g/mol. The molecular formula is C77H102N4Ni2. The predicted octanol–water partition coefficient (Wildman–Crippen LogP) is 23.3. The van der Waals surface area contributed by atoms with E-state index in [1.54, 1.807) is 0 Å². The Kier molecular flexibility index (Phi) is 41.7. The molecule has 0 N–H and O–H groups in total. The first kappa shape index (κ1) is 75.5. The van der Waals surface area contributed by atoms with Gasteiger partial charge in [-0.05, 0) is 148 Å². The first-order valence-corrected chi connectivity index (χ1v) is 30.9. The second-order valence-electron chi connectivity index (χ2n) is 21.5. The van der Waals surface area contributed by atoms with Crippen LogP contribution in [-0.2, 0) is 58.7 Å². The molecule has 2 heterocycles. The van der Waals surface area contributed by atoms with E-state index < -0.39 is 0 Å². The SMILES string of the molecule is CCCCCCC1=C(c2ccc(CCCCC)cc2)[N+](=[N-])C(c2ccc(CCCC)cc2)=C1.CCCCCCC1=C(c2ccc(CCCCCC)cc2)[N+](=[N-])C(c2ccc(CCCC)cc2)=C1.[CH3-].[CH3-].[Ni+2].[Ni+2].[c-]1ccccc1.[c-]1ccccc1. The zero-order chi connectivity index (χ0) is 56.1. The van der Waals surface area contributed by atoms with Crippen LogP contribution in [0.4, 0.5) is 0 Å². The number of aryl methyl sites for hydroxylation is 4. The fourth-order valence-corrected chi connectivity index (χ4v) is 10.1. The van der Waals surface area contributed by atoms with E-state index in [4.69, 9.17) is 0 Å². The summed E-state index contributed by atoms with van der Waals surface area (Å²) in [5.41, 5.74) is 38.7. The van der Waals surface area contributed by atoms with Crippen molar-refractivity contribution in [3.8, 4) is 0 Å². The molecular weight excluding hydrogens is 1100 g/mol. The molecule has 450 valence electrons. The normalized spacial score (nSPS) is 12.2. The largest absolute Gasteiger partial charge is 2.00 e. The van der Waals surface area contributed by atoms with Gasteiger partial charge in [0.2, 0.25) is 22.8 Å². The van der Waals surface area contributed by atoms with Crippen molar-refractivity contribution in [3.05, 3.63) is 264 Å². The summed E-state index contributed by atoms with van der Waals surface area (Å²) in [6, 6.07) is 60.3. The summed E-state index contributed by atoms with van der Waals surface area (Å²) in [7, 11) is 0. The van der Waals surface area contributed by atoms with Gasteiger partial charge in [0, 0.05) is 45.6 Å². The summed E-state index contributed by atoms with van der Waals surface area (Å²) < 4.78 is 2.87. The maximum atomic E-state index is 11.3. The van der Waals surface area contributed by atoms with Crippen molar-refractivity contribution in [2.24, 2.45) is 0 Å². The molecule has 0 aliphatic carbocycles. The Hall–Kier alpha value is -5.53. The minimum atomic E-state index is 0. The molecule has 6 aromatic carbocycles. The summed E-state index contributed by atoms with van der Waals surface area (Å²) in [5, 5.41) is 0. The van der Waals surface area contributed by atoms with Crippen LogP contribution in [0.15, 0.2) is 181 Å². The van der Waals surface area contributed by atoms with Crippen LogP contribution in [0, 0.1) is 27.0 Å². The molecule has 0 amide bonds. The first-order chi connectivity index (χ1) is 38.8. The monoisotopic (exact) mass is 1200 g/mol. The second-order valence-corrected chi connectivity index (χ2v) is 21.5. The predicted molar refractivity (Wildman–Crippen MR) is 352 cm³/mol. The van der Waals surface area contributed by atoms with E-state index in [2.05, 4.69) is 163 Å². The second kappa shape index (κ2) is 45.8. The van der Waals surface area contributed by atoms with Gasteiger partial charge in [-0.1, -0.05) is 174 Å². The molecule has 4 nitrogen and oxygen atoms in total. The van der Waals surface area contributed by atoms with Gasteiger partial charge in [-0.15, -0.1) is 0 Å². The molecule has 0 unspecified atom stereocenters. The minimum Gasteiger partial charge on any atom is -0.493 e. The zero-order valence-corrected chi connectivity index (χ0v) is 54.2. The van der Waals surface area contributed by atoms with Crippen LogP contribution in [0.5, 0.6) is 0 Å². The van der Waals surface area contributed by atoms with Gasteiger partial charge in [0.15, 0.2) is 0 Å². The Labute approximate surface area is 527 Å². The molecule has 0 spiro atoms. The summed E-state index contributed by atoms with van der Waals surface area (Å²) in [4.78, 5) is 0. The average Bonchev–Trinajstić information content (AvgIpc) is 3.25. The van der Waals surface area contributed by atoms with E-state index in [0.717, 1.165) is 96.4 Å². The molecule has 8 rings (SSSR count). The van der Waals surface area contributed by atoms with Gasteiger partial charge < -0.3 is 25.9 Å². The third kappa shape index (κ3) is 26.9. The maximum absolute atomic E-state index is 11.3. The van der Waals surface area contributed by atoms with Crippen LogP contribution >= 0.6 is 0 Å². The van der Waals surface area contributed by atoms with Crippen LogP contribution in [0.3, 0.4) is 0 Å². The van der Waals surface area contributed by atoms with Gasteiger partial charge in [0.1, 0.15) is 0 Å². The number of hydrogen-bond acceptors (Lipinski definition) is 0. The van der Waals surface area contributed by atoms with E-state index in [0.29, 0.717) is 0 Å². The first-order valence-electron chi connectivity index (χ1n) is 30.9. The Morgan fingerprint density at radius 3 is 0.819 bits per heavy atom. The maximum Gasteiger partial charge on any atom is 2.00 e. The molecule has 2 aliphatic heterocycles. The third-order valence-electron chi connectivity index (χ3n) is 14.9. The van der Waals surface area contributed by atoms with E-state index in [9.17, 15) is 11.1 Å². The fraction of sp³-hybridized carbons (Fsp3) is 0.403. The van der Waals surface area contributed by atoms with Crippen molar-refractivity contribution < 1.29 is 42.4 Å². The zero-order valence-electron chi connectivity index (χ0n) is 52.3. The van der Waals surface area contributed by atoms with Crippen molar-refractivity contribution in [1.82, 2.24) is 0 Å². The Morgan fingerprint density at radius 2 is 0.554 bits per heavy atom. The molecule has 0 radical (unpaired) electrons. The third-order valence-corrected chi connectivity index (χ3v) is 14.9. The number of rotatable bonds is 29. The molecule has 0 saturated heterocycles. The van der Waals surface area contributed by atoms with Gasteiger partial charge in [0.05, 0.1) is 0 Å². The number of nitrogens with zero attached hydrogens (tertiary/aromatic N) is 4. The van der Waals surface area contributed by atoms with Gasteiger partial charge in [-0.3, -0.25) is 0 Å². The van der Waals surface area contributed by atoms with Gasteiger partial charge in [0.25, 0.3) is 0 Å². The van der Waals surface area contributed by atoms with Gasteiger partial charge >= 0.3 is 33.0 Å². The molecule has 0 aromatic heterocycles. The molecule has 0 bridgehead atoms. The number of unbranched alkanes of at least 4 members (excludes halogenated alkanes) is 13. The van der Waals surface area contributed by atoms with Gasteiger partial charge in [-0.25, -0.2) is 9.39 Å². The van der Waals surface area contributed by atoms with E-state index >= 15 is 0 Å². The van der Waals surface area contributed by atoms with E-state index in [1.807, 2.05) is 60.7 Å². The van der Waals surface area contributed by atoms with Crippen LogP contribution in [0.1, 0.15) is 221 Å². The summed E-state index contributed by atoms with van der Waals surface area (Å²) in [6.07, 6.45) is 34.6. The fourth-order valence-electron chi connectivity index (χ4n) is 10.1. The number of hydrogen-bond donors (Lipinski definition) is 0. The van der Waals surface area contributed by atoms with Crippen molar-refractivity contribution in [2.45, 2.75) is 202 Å². The Morgan fingerprint density at radius 1 is 0.301 bits per heavy atom. The van der Waals surface area contributed by atoms with Crippen LogP contribution in [0.25, 0.3) is 33.9 Å². The van der Waals surface area contributed by atoms with Crippen molar-refractivity contribution in [3.63, 3.8) is 0 Å². The molecule has 2 aliphatic rings. The van der Waals surface area contributed by atoms with Crippen molar-refractivity contribution >= 4 is 22.8 Å². The van der Waals surface area contributed by atoms with Crippen molar-refractivity contribution in [2.75, 3.05) is 0 Å². The Bertz CT molecular complexity index is 2670. The number of benzene rings is 6. The molecule has 0 saturated carbocycles. The summed E-state index contributed by atoms with van der Waals surface area (Å²) in [6.45, 7) is 13.5. The van der Waals surface area contributed by atoms with Crippen LogP contribution in [0.2, 0.25) is 0 Å². The molecule has 83 heavy (non-hydrogen) atoms. The summed E-state index contributed by atoms with van der Waals surface area (Å²) >= 11 is 0. The van der Waals surface area contributed by atoms with Crippen LogP contribution in [-0.4, -0.2) is 9.39 Å². The topological polar surface area (TPSA) is 50.6 Å². The van der Waals surface area contributed by atoms with Gasteiger partial charge in [-0.2, -0.15) is 72.8 Å². The van der Waals surface area contributed by atoms with E-state index in [1.165, 1.54) is 152 Å². The van der Waals surface area contributed by atoms with Crippen LogP contribution < -0.4 is 0 Å². The molecule has 6 aromatic rings.